The summed E-state index contributed by atoms with van der Waals surface area (Å²) in [6, 6.07) is 16.9. The van der Waals surface area contributed by atoms with Crippen molar-refractivity contribution in [1.82, 2.24) is 0 Å². The third-order valence-electron chi connectivity index (χ3n) is 3.11. The van der Waals surface area contributed by atoms with Gasteiger partial charge in [0.15, 0.2) is 5.72 Å². The second kappa shape index (κ2) is 5.42. The lowest BCUT2D eigenvalue weighted by Gasteiger charge is -2.28. The molecule has 1 aliphatic rings. The first-order chi connectivity index (χ1) is 10.5. The zero-order valence-electron chi connectivity index (χ0n) is 12.8. The van der Waals surface area contributed by atoms with Crippen molar-refractivity contribution < 1.29 is 14.2 Å². The van der Waals surface area contributed by atoms with Crippen molar-refractivity contribution in [3.63, 3.8) is 0 Å². The fourth-order valence-electron chi connectivity index (χ4n) is 2.09. The van der Waals surface area contributed by atoms with Gasteiger partial charge in [0.2, 0.25) is 0 Å². The Morgan fingerprint density at radius 1 is 0.864 bits per heavy atom. The van der Waals surface area contributed by atoms with Crippen molar-refractivity contribution >= 4 is 0 Å². The van der Waals surface area contributed by atoms with Crippen LogP contribution in [0.3, 0.4) is 0 Å². The highest BCUT2D eigenvalue weighted by Gasteiger charge is 2.49. The third-order valence-corrected chi connectivity index (χ3v) is 3.11. The minimum atomic E-state index is -1.61. The summed E-state index contributed by atoms with van der Waals surface area (Å²) in [5, 5.41) is 8.21. The second-order valence-electron chi connectivity index (χ2n) is 5.56. The summed E-state index contributed by atoms with van der Waals surface area (Å²) in [7, 11) is 0. The summed E-state index contributed by atoms with van der Waals surface area (Å²) in [6.45, 7) is 5.55. The number of para-hydroxylation sites is 2. The lowest BCUT2D eigenvalue weighted by molar-refractivity contribution is -0.310. The maximum atomic E-state index is 5.93. The van der Waals surface area contributed by atoms with E-state index in [0.29, 0.717) is 11.5 Å². The van der Waals surface area contributed by atoms with E-state index in [1.807, 2.05) is 61.5 Å². The molecule has 1 aliphatic heterocycles. The molecular weight excluding hydrogens is 280 g/mol. The Morgan fingerprint density at radius 3 is 2.18 bits per heavy atom. The van der Waals surface area contributed by atoms with Gasteiger partial charge < -0.3 is 9.47 Å². The van der Waals surface area contributed by atoms with Gasteiger partial charge in [-0.05, 0) is 44.5 Å². The maximum Gasteiger partial charge on any atom is 0.510 e. The van der Waals surface area contributed by atoms with Crippen molar-refractivity contribution in [2.75, 3.05) is 0 Å². The molecule has 0 amide bonds. The number of azo groups is 1. The highest BCUT2D eigenvalue weighted by Crippen LogP contribution is 2.36. The first kappa shape index (κ1) is 14.5. The Hall–Kier alpha value is -2.40. The van der Waals surface area contributed by atoms with E-state index in [4.69, 9.17) is 14.2 Å². The van der Waals surface area contributed by atoms with Crippen molar-refractivity contribution in [2.45, 2.75) is 32.6 Å². The summed E-state index contributed by atoms with van der Waals surface area (Å²) in [5.41, 5.74) is 0.152. The number of hydrogen-bond acceptors (Lipinski definition) is 5. The summed E-state index contributed by atoms with van der Waals surface area (Å²) in [4.78, 5) is 0. The molecule has 1 unspecified atom stereocenters. The molecule has 5 nitrogen and oxygen atoms in total. The normalized spacial score (nSPS) is 22.5. The van der Waals surface area contributed by atoms with Crippen LogP contribution in [0.2, 0.25) is 0 Å². The van der Waals surface area contributed by atoms with Gasteiger partial charge in [0.05, 0.1) is 0 Å². The molecule has 0 saturated carbocycles. The minimum Gasteiger partial charge on any atom is -0.410 e. The van der Waals surface area contributed by atoms with Gasteiger partial charge in [-0.3, -0.25) is 4.74 Å². The summed E-state index contributed by atoms with van der Waals surface area (Å²) < 4.78 is 17.6. The molecule has 114 valence electrons. The molecule has 0 radical (unpaired) electrons. The highest BCUT2D eigenvalue weighted by atomic mass is 16.9. The minimum absolute atomic E-state index is 0.590. The molecule has 0 N–H and O–H groups in total. The van der Waals surface area contributed by atoms with Crippen LogP contribution in [0.5, 0.6) is 11.5 Å². The molecule has 0 bridgehead atoms. The maximum absolute atomic E-state index is 5.93. The van der Waals surface area contributed by atoms with Gasteiger partial charge in [0.1, 0.15) is 11.5 Å². The molecule has 5 heteroatoms. The van der Waals surface area contributed by atoms with Gasteiger partial charge >= 0.3 is 6.10 Å². The van der Waals surface area contributed by atoms with E-state index in [0.717, 1.165) is 5.56 Å². The van der Waals surface area contributed by atoms with E-state index in [9.17, 15) is 0 Å². The number of benzene rings is 2. The fraction of sp³-hybridized carbons (Fsp3) is 0.294. The molecule has 2 aromatic rings. The van der Waals surface area contributed by atoms with Crippen molar-refractivity contribution in [3.05, 3.63) is 60.2 Å². The van der Waals surface area contributed by atoms with Crippen molar-refractivity contribution in [1.29, 1.82) is 0 Å². The third kappa shape index (κ3) is 3.09. The first-order valence-corrected chi connectivity index (χ1v) is 7.11. The second-order valence-corrected chi connectivity index (χ2v) is 5.56. The summed E-state index contributed by atoms with van der Waals surface area (Å²) >= 11 is 0. The predicted molar refractivity (Wildman–Crippen MR) is 81.6 cm³/mol. The Labute approximate surface area is 129 Å². The van der Waals surface area contributed by atoms with E-state index in [1.165, 1.54) is 0 Å². The molecule has 1 atom stereocenters. The lowest BCUT2D eigenvalue weighted by Crippen LogP contribution is -2.44. The molecular formula is C17H18N2O3. The van der Waals surface area contributed by atoms with Crippen LogP contribution in [0, 0.1) is 6.92 Å². The van der Waals surface area contributed by atoms with E-state index in [2.05, 4.69) is 10.2 Å². The van der Waals surface area contributed by atoms with Gasteiger partial charge in [-0.2, -0.15) is 0 Å². The number of hydrogen-bond donors (Lipinski definition) is 0. The van der Waals surface area contributed by atoms with Crippen LogP contribution in [-0.2, 0) is 4.74 Å². The zero-order chi connectivity index (χ0) is 15.6. The van der Waals surface area contributed by atoms with Gasteiger partial charge in [-0.25, -0.2) is 0 Å². The van der Waals surface area contributed by atoms with Crippen LogP contribution >= 0.6 is 0 Å². The SMILES string of the molecule is Cc1ccccc1OC1(Oc2ccccc2)N=NC(C)(C)O1. The largest absolute Gasteiger partial charge is 0.510 e. The van der Waals surface area contributed by atoms with Gasteiger partial charge in [0.25, 0.3) is 0 Å². The number of nitrogens with zero attached hydrogens (tertiary/aromatic N) is 2. The van der Waals surface area contributed by atoms with Crippen LogP contribution in [0.4, 0.5) is 0 Å². The predicted octanol–water partition coefficient (Wildman–Crippen LogP) is 4.28. The topological polar surface area (TPSA) is 52.4 Å². The van der Waals surface area contributed by atoms with Gasteiger partial charge in [0, 0.05) is 0 Å². The quantitative estimate of drug-likeness (QED) is 0.791. The van der Waals surface area contributed by atoms with Crippen molar-refractivity contribution in [2.24, 2.45) is 10.2 Å². The average molecular weight is 298 g/mol. The molecule has 22 heavy (non-hydrogen) atoms. The van der Waals surface area contributed by atoms with Crippen LogP contribution in [0.1, 0.15) is 19.4 Å². The lowest BCUT2D eigenvalue weighted by atomic mass is 10.2. The van der Waals surface area contributed by atoms with E-state index in [1.54, 1.807) is 13.8 Å². The van der Waals surface area contributed by atoms with E-state index in [-0.39, 0.29) is 0 Å². The molecule has 2 aromatic carbocycles. The molecule has 0 spiro atoms. The Morgan fingerprint density at radius 2 is 1.55 bits per heavy atom. The monoisotopic (exact) mass is 298 g/mol. The number of ether oxygens (including phenoxy) is 3. The Bertz CT molecular complexity index is 685. The van der Waals surface area contributed by atoms with Crippen LogP contribution in [0.15, 0.2) is 64.8 Å². The molecule has 1 heterocycles. The van der Waals surface area contributed by atoms with Crippen molar-refractivity contribution in [3.8, 4) is 11.5 Å². The number of rotatable bonds is 4. The summed E-state index contributed by atoms with van der Waals surface area (Å²) in [5.74, 6) is 1.22. The first-order valence-electron chi connectivity index (χ1n) is 7.11. The molecule has 0 saturated heterocycles. The average Bonchev–Trinajstić information content (AvgIpc) is 2.78. The molecule has 0 aliphatic carbocycles. The van der Waals surface area contributed by atoms with Crippen LogP contribution < -0.4 is 9.47 Å². The standard InChI is InChI=1S/C17H18N2O3/c1-13-9-7-8-12-15(13)21-17(19-18-16(2,3)22-17)20-14-10-5-4-6-11-14/h4-12H,1-3H3. The Balaban J connectivity index is 1.91. The fourth-order valence-corrected chi connectivity index (χ4v) is 2.09. The molecule has 0 aromatic heterocycles. The highest BCUT2D eigenvalue weighted by molar-refractivity contribution is 5.32. The van der Waals surface area contributed by atoms with Crippen LogP contribution in [0.25, 0.3) is 0 Å². The van der Waals surface area contributed by atoms with E-state index >= 15 is 0 Å². The van der Waals surface area contributed by atoms with Gasteiger partial charge in [-0.1, -0.05) is 41.5 Å². The number of aryl methyl sites for hydroxylation is 1. The smallest absolute Gasteiger partial charge is 0.410 e. The van der Waals surface area contributed by atoms with E-state index < -0.39 is 11.8 Å². The van der Waals surface area contributed by atoms with Crippen LogP contribution in [-0.4, -0.2) is 11.8 Å². The summed E-state index contributed by atoms with van der Waals surface area (Å²) in [6.07, 6.45) is -1.61. The zero-order valence-corrected chi connectivity index (χ0v) is 12.8. The molecule has 0 fully saturated rings. The van der Waals surface area contributed by atoms with Gasteiger partial charge in [-0.15, -0.1) is 5.11 Å². The Kier molecular flexibility index (Phi) is 3.58. The molecule has 3 rings (SSSR count).